The van der Waals surface area contributed by atoms with Crippen LogP contribution in [0.5, 0.6) is 0 Å². The third-order valence-electron chi connectivity index (χ3n) is 2.61. The molecule has 17 heavy (non-hydrogen) atoms. The van der Waals surface area contributed by atoms with Crippen molar-refractivity contribution in [2.45, 2.75) is 31.6 Å². The highest BCUT2D eigenvalue weighted by molar-refractivity contribution is 7.92. The second-order valence-corrected chi connectivity index (χ2v) is 7.75. The van der Waals surface area contributed by atoms with E-state index in [0.29, 0.717) is 0 Å². The summed E-state index contributed by atoms with van der Waals surface area (Å²) in [5.74, 6) is -0.00751. The minimum Gasteiger partial charge on any atom is -0.333 e. The lowest BCUT2D eigenvalue weighted by molar-refractivity contribution is 0.189. The molecule has 1 saturated heterocycles. The molecule has 1 unspecified atom stereocenters. The van der Waals surface area contributed by atoms with Gasteiger partial charge in [-0.15, -0.1) is 0 Å². The molecule has 0 bridgehead atoms. The first kappa shape index (κ1) is 14.2. The van der Waals surface area contributed by atoms with E-state index < -0.39 is 15.1 Å². The van der Waals surface area contributed by atoms with Gasteiger partial charge in [0.15, 0.2) is 9.84 Å². The van der Waals surface area contributed by atoms with Gasteiger partial charge >= 0.3 is 6.03 Å². The molecule has 0 radical (unpaired) electrons. The van der Waals surface area contributed by atoms with Crippen LogP contribution in [0.3, 0.4) is 0 Å². The molecule has 0 aromatic carbocycles. The second-order valence-electron chi connectivity index (χ2n) is 5.35. The lowest BCUT2D eigenvalue weighted by atomic mass is 10.1. The van der Waals surface area contributed by atoms with Crippen LogP contribution in [-0.2, 0) is 9.84 Å². The van der Waals surface area contributed by atoms with E-state index in [0.717, 1.165) is 0 Å². The second kappa shape index (κ2) is 4.81. The maximum Gasteiger partial charge on any atom is 0.317 e. The molecule has 1 aliphatic heterocycles. The molecule has 2 amide bonds. The van der Waals surface area contributed by atoms with Gasteiger partial charge in [0.05, 0.1) is 11.0 Å². The number of carbonyl (C=O) groups excluding carboxylic acids is 1. The van der Waals surface area contributed by atoms with E-state index in [1.54, 1.807) is 0 Å². The van der Waals surface area contributed by atoms with Gasteiger partial charge in [-0.2, -0.15) is 0 Å². The van der Waals surface area contributed by atoms with Gasteiger partial charge in [-0.05, 0) is 20.8 Å². The van der Waals surface area contributed by atoms with Gasteiger partial charge in [-0.3, -0.25) is 0 Å². The van der Waals surface area contributed by atoms with E-state index in [2.05, 4.69) is 5.32 Å². The summed E-state index contributed by atoms with van der Waals surface area (Å²) in [5.41, 5.74) is 5.10. The van der Waals surface area contributed by atoms with E-state index >= 15 is 0 Å². The molecule has 100 valence electrons. The number of urea groups is 1. The highest BCUT2D eigenvalue weighted by atomic mass is 32.2. The summed E-state index contributed by atoms with van der Waals surface area (Å²) in [6.07, 6.45) is 0. The molecule has 7 heteroatoms. The van der Waals surface area contributed by atoms with Crippen molar-refractivity contribution in [2.75, 3.05) is 25.4 Å². The van der Waals surface area contributed by atoms with Gasteiger partial charge in [0, 0.05) is 25.2 Å². The fourth-order valence-corrected chi connectivity index (χ4v) is 3.17. The Balaban J connectivity index is 2.68. The van der Waals surface area contributed by atoms with Gasteiger partial charge in [0.25, 0.3) is 0 Å². The summed E-state index contributed by atoms with van der Waals surface area (Å²) in [6.45, 7) is 6.12. The van der Waals surface area contributed by atoms with Crippen molar-refractivity contribution >= 4 is 15.9 Å². The summed E-state index contributed by atoms with van der Waals surface area (Å²) in [6, 6.07) is -0.231. The zero-order valence-corrected chi connectivity index (χ0v) is 11.4. The Bertz CT molecular complexity index is 386. The zero-order chi connectivity index (χ0) is 13.3. The summed E-state index contributed by atoms with van der Waals surface area (Å²) >= 11 is 0. The van der Waals surface area contributed by atoms with E-state index in [9.17, 15) is 13.2 Å². The number of hydrogen-bond donors (Lipinski definition) is 2. The normalized spacial score (nSPS) is 24.5. The Hall–Kier alpha value is -0.820. The van der Waals surface area contributed by atoms with Crippen LogP contribution in [-0.4, -0.2) is 55.5 Å². The fourth-order valence-electron chi connectivity index (χ4n) is 1.66. The topological polar surface area (TPSA) is 92.5 Å². The van der Waals surface area contributed by atoms with Crippen molar-refractivity contribution in [2.24, 2.45) is 5.73 Å². The number of rotatable bonds is 1. The number of carbonyl (C=O) groups is 1. The monoisotopic (exact) mass is 263 g/mol. The van der Waals surface area contributed by atoms with E-state index in [4.69, 9.17) is 5.73 Å². The van der Waals surface area contributed by atoms with Crippen LogP contribution in [0, 0.1) is 0 Å². The number of amides is 2. The van der Waals surface area contributed by atoms with Crippen LogP contribution >= 0.6 is 0 Å². The Morgan fingerprint density at radius 2 is 2.06 bits per heavy atom. The van der Waals surface area contributed by atoms with Gasteiger partial charge in [0.2, 0.25) is 0 Å². The quantitative estimate of drug-likeness (QED) is 0.670. The smallest absolute Gasteiger partial charge is 0.317 e. The van der Waals surface area contributed by atoms with Crippen LogP contribution in [0.25, 0.3) is 0 Å². The van der Waals surface area contributed by atoms with Crippen molar-refractivity contribution < 1.29 is 13.2 Å². The number of nitrogens with one attached hydrogen (secondary N) is 1. The van der Waals surface area contributed by atoms with Crippen LogP contribution < -0.4 is 11.1 Å². The molecular formula is C10H21N3O3S. The number of sulfone groups is 1. The maximum absolute atomic E-state index is 11.9. The van der Waals surface area contributed by atoms with Crippen molar-refractivity contribution in [1.29, 1.82) is 0 Å². The first-order chi connectivity index (χ1) is 7.65. The van der Waals surface area contributed by atoms with Crippen molar-refractivity contribution in [1.82, 2.24) is 10.2 Å². The Labute approximate surface area is 102 Å². The molecule has 1 rings (SSSR count). The Morgan fingerprint density at radius 1 is 1.47 bits per heavy atom. The molecule has 6 nitrogen and oxygen atoms in total. The molecule has 0 spiro atoms. The number of nitrogens with zero attached hydrogens (tertiary/aromatic N) is 1. The lowest BCUT2D eigenvalue weighted by Crippen LogP contribution is -2.56. The maximum atomic E-state index is 11.9. The van der Waals surface area contributed by atoms with Crippen LogP contribution in [0.4, 0.5) is 4.79 Å². The highest BCUT2D eigenvalue weighted by Gasteiger charge is 2.34. The molecule has 0 aliphatic carbocycles. The SMILES string of the molecule is CC(C)(C)NC(=O)N1CCS(=O)(=O)C(CN)C1. The summed E-state index contributed by atoms with van der Waals surface area (Å²) < 4.78 is 23.3. The van der Waals surface area contributed by atoms with E-state index in [-0.39, 0.29) is 37.0 Å². The molecule has 0 aromatic heterocycles. The van der Waals surface area contributed by atoms with Crippen molar-refractivity contribution in [3.63, 3.8) is 0 Å². The molecule has 0 aromatic rings. The first-order valence-corrected chi connectivity index (χ1v) is 7.36. The molecule has 1 atom stereocenters. The molecule has 3 N–H and O–H groups in total. The van der Waals surface area contributed by atoms with Gasteiger partial charge in [-0.1, -0.05) is 0 Å². The van der Waals surface area contributed by atoms with E-state index in [1.807, 2.05) is 20.8 Å². The third kappa shape index (κ3) is 3.85. The van der Waals surface area contributed by atoms with Gasteiger partial charge in [0.1, 0.15) is 0 Å². The summed E-state index contributed by atoms with van der Waals surface area (Å²) in [5, 5.41) is 2.18. The Morgan fingerprint density at radius 3 is 2.53 bits per heavy atom. The van der Waals surface area contributed by atoms with Crippen LogP contribution in [0.1, 0.15) is 20.8 Å². The van der Waals surface area contributed by atoms with Gasteiger partial charge < -0.3 is 16.0 Å². The molecule has 1 heterocycles. The average molecular weight is 263 g/mol. The van der Waals surface area contributed by atoms with Crippen LogP contribution in [0.2, 0.25) is 0 Å². The highest BCUT2D eigenvalue weighted by Crippen LogP contribution is 2.12. The number of hydrogen-bond acceptors (Lipinski definition) is 4. The van der Waals surface area contributed by atoms with Crippen LogP contribution in [0.15, 0.2) is 0 Å². The predicted molar refractivity (Wildman–Crippen MR) is 66.5 cm³/mol. The fraction of sp³-hybridized carbons (Fsp3) is 0.900. The van der Waals surface area contributed by atoms with E-state index in [1.165, 1.54) is 4.90 Å². The largest absolute Gasteiger partial charge is 0.333 e. The van der Waals surface area contributed by atoms with Crippen molar-refractivity contribution in [3.05, 3.63) is 0 Å². The zero-order valence-electron chi connectivity index (χ0n) is 10.6. The summed E-state index contributed by atoms with van der Waals surface area (Å²) in [7, 11) is -3.13. The minimum atomic E-state index is -3.13. The van der Waals surface area contributed by atoms with Crippen molar-refractivity contribution in [3.8, 4) is 0 Å². The standard InChI is InChI=1S/C10H21N3O3S/c1-10(2,3)12-9(14)13-4-5-17(15,16)8(6-11)7-13/h8H,4-7,11H2,1-3H3,(H,12,14). The summed E-state index contributed by atoms with van der Waals surface area (Å²) in [4.78, 5) is 13.4. The minimum absolute atomic E-state index is 0.00751. The number of nitrogens with two attached hydrogens (primary N) is 1. The molecule has 1 aliphatic rings. The molecular weight excluding hydrogens is 242 g/mol. The Kier molecular flexibility index (Phi) is 4.03. The van der Waals surface area contributed by atoms with Gasteiger partial charge in [-0.25, -0.2) is 13.2 Å². The third-order valence-corrected chi connectivity index (χ3v) is 4.72. The average Bonchev–Trinajstić information content (AvgIpc) is 2.14. The lowest BCUT2D eigenvalue weighted by Gasteiger charge is -2.34. The molecule has 0 saturated carbocycles. The first-order valence-electron chi connectivity index (χ1n) is 5.64. The predicted octanol–water partition coefficient (Wildman–Crippen LogP) is -0.448. The molecule has 1 fully saturated rings.